The summed E-state index contributed by atoms with van der Waals surface area (Å²) in [6.07, 6.45) is 0.133. The Morgan fingerprint density at radius 2 is 2.00 bits per heavy atom. The molecular weight excluding hydrogens is 291 g/mol. The van der Waals surface area contributed by atoms with Crippen molar-refractivity contribution in [1.29, 1.82) is 0 Å². The molecule has 4 heteroatoms. The molecule has 0 spiro atoms. The van der Waals surface area contributed by atoms with E-state index in [1.807, 2.05) is 37.3 Å². The second-order valence-corrected chi connectivity index (χ2v) is 6.06. The zero-order valence-electron chi connectivity index (χ0n) is 12.8. The Balaban J connectivity index is 1.80. The van der Waals surface area contributed by atoms with Crippen molar-refractivity contribution in [2.75, 3.05) is 5.32 Å². The first-order chi connectivity index (χ1) is 11.1. The SMILES string of the molecule is Cc1cc(N[C@H]2c3ccccc3C[C@H]2O)c2cc(F)ccc2n1. The van der Waals surface area contributed by atoms with Crippen molar-refractivity contribution in [2.45, 2.75) is 25.5 Å². The number of anilines is 1. The van der Waals surface area contributed by atoms with E-state index in [2.05, 4.69) is 10.3 Å². The van der Waals surface area contributed by atoms with E-state index < -0.39 is 6.10 Å². The van der Waals surface area contributed by atoms with E-state index >= 15 is 0 Å². The lowest BCUT2D eigenvalue weighted by molar-refractivity contribution is 0.166. The molecule has 2 aromatic carbocycles. The Morgan fingerprint density at radius 1 is 1.17 bits per heavy atom. The Bertz CT molecular complexity index is 894. The number of rotatable bonds is 2. The number of hydrogen-bond acceptors (Lipinski definition) is 3. The Hall–Kier alpha value is -2.46. The summed E-state index contributed by atoms with van der Waals surface area (Å²) in [5, 5.41) is 14.5. The number of nitrogens with zero attached hydrogens (tertiary/aromatic N) is 1. The van der Waals surface area contributed by atoms with Crippen LogP contribution in [0.3, 0.4) is 0 Å². The lowest BCUT2D eigenvalue weighted by atomic mass is 10.1. The predicted octanol–water partition coefficient (Wildman–Crippen LogP) is 3.75. The minimum absolute atomic E-state index is 0.195. The number of aliphatic hydroxyl groups excluding tert-OH is 1. The first kappa shape index (κ1) is 14.2. The molecule has 0 bridgehead atoms. The molecule has 0 radical (unpaired) electrons. The van der Waals surface area contributed by atoms with Gasteiger partial charge in [0.1, 0.15) is 5.82 Å². The highest BCUT2D eigenvalue weighted by Gasteiger charge is 2.30. The number of benzene rings is 2. The van der Waals surface area contributed by atoms with Crippen LogP contribution >= 0.6 is 0 Å². The smallest absolute Gasteiger partial charge is 0.124 e. The van der Waals surface area contributed by atoms with E-state index in [0.29, 0.717) is 6.42 Å². The minimum atomic E-state index is -0.496. The average Bonchev–Trinajstić information content (AvgIpc) is 2.84. The average molecular weight is 308 g/mol. The molecule has 1 aromatic heterocycles. The summed E-state index contributed by atoms with van der Waals surface area (Å²) in [7, 11) is 0. The van der Waals surface area contributed by atoms with Gasteiger partial charge in [0.15, 0.2) is 0 Å². The number of halogens is 1. The number of hydrogen-bond donors (Lipinski definition) is 2. The van der Waals surface area contributed by atoms with E-state index in [4.69, 9.17) is 0 Å². The summed E-state index contributed by atoms with van der Waals surface area (Å²) < 4.78 is 13.6. The van der Waals surface area contributed by atoms with Gasteiger partial charge in [-0.05, 0) is 42.3 Å². The van der Waals surface area contributed by atoms with E-state index in [0.717, 1.165) is 33.4 Å². The first-order valence-electron chi connectivity index (χ1n) is 7.71. The molecule has 4 rings (SSSR count). The van der Waals surface area contributed by atoms with Crippen LogP contribution in [0.25, 0.3) is 10.9 Å². The van der Waals surface area contributed by atoms with Gasteiger partial charge in [0, 0.05) is 23.2 Å². The normalized spacial score (nSPS) is 19.8. The molecule has 0 saturated heterocycles. The van der Waals surface area contributed by atoms with Crippen LogP contribution in [0.4, 0.5) is 10.1 Å². The molecule has 0 fully saturated rings. The number of pyridine rings is 1. The van der Waals surface area contributed by atoms with Crippen molar-refractivity contribution in [3.8, 4) is 0 Å². The molecule has 0 unspecified atom stereocenters. The van der Waals surface area contributed by atoms with Gasteiger partial charge in [0.2, 0.25) is 0 Å². The molecule has 23 heavy (non-hydrogen) atoms. The predicted molar refractivity (Wildman–Crippen MR) is 89.0 cm³/mol. The maximum absolute atomic E-state index is 13.6. The maximum atomic E-state index is 13.6. The number of fused-ring (bicyclic) bond motifs is 2. The van der Waals surface area contributed by atoms with Crippen LogP contribution in [0, 0.1) is 12.7 Å². The lowest BCUT2D eigenvalue weighted by Crippen LogP contribution is -2.21. The monoisotopic (exact) mass is 308 g/mol. The fourth-order valence-electron chi connectivity index (χ4n) is 3.37. The van der Waals surface area contributed by atoms with Crippen LogP contribution < -0.4 is 5.32 Å². The van der Waals surface area contributed by atoms with E-state index in [-0.39, 0.29) is 11.9 Å². The standard InChI is InChI=1S/C19H17FN2O/c1-11-8-17(15-10-13(20)6-7-16(15)21-11)22-19-14-5-3-2-4-12(14)9-18(19)23/h2-8,10,18-19,23H,9H2,1H3,(H,21,22)/t18-,19+/m1/s1. The topological polar surface area (TPSA) is 45.1 Å². The molecule has 0 aliphatic heterocycles. The van der Waals surface area contributed by atoms with Gasteiger partial charge < -0.3 is 10.4 Å². The van der Waals surface area contributed by atoms with Crippen molar-refractivity contribution in [3.63, 3.8) is 0 Å². The summed E-state index contributed by atoms with van der Waals surface area (Å²) in [6, 6.07) is 14.3. The number of aryl methyl sites for hydroxylation is 1. The fourth-order valence-corrected chi connectivity index (χ4v) is 3.37. The molecule has 0 saturated carbocycles. The minimum Gasteiger partial charge on any atom is -0.390 e. The maximum Gasteiger partial charge on any atom is 0.124 e. The van der Waals surface area contributed by atoms with Gasteiger partial charge >= 0.3 is 0 Å². The van der Waals surface area contributed by atoms with Gasteiger partial charge in [-0.2, -0.15) is 0 Å². The highest BCUT2D eigenvalue weighted by molar-refractivity contribution is 5.91. The third-order valence-corrected chi connectivity index (χ3v) is 4.41. The molecule has 0 amide bonds. The fraction of sp³-hybridized carbons (Fsp3) is 0.211. The quantitative estimate of drug-likeness (QED) is 0.758. The summed E-state index contributed by atoms with van der Waals surface area (Å²) in [6.45, 7) is 1.91. The van der Waals surface area contributed by atoms with Crippen LogP contribution in [0.2, 0.25) is 0 Å². The van der Waals surface area contributed by atoms with E-state index in [9.17, 15) is 9.50 Å². The zero-order chi connectivity index (χ0) is 16.0. The van der Waals surface area contributed by atoms with Crippen molar-refractivity contribution in [3.05, 3.63) is 71.2 Å². The second-order valence-electron chi connectivity index (χ2n) is 6.06. The number of aliphatic hydroxyl groups is 1. The largest absolute Gasteiger partial charge is 0.390 e. The Labute approximate surface area is 133 Å². The summed E-state index contributed by atoms with van der Waals surface area (Å²) in [5.41, 5.74) is 4.65. The van der Waals surface area contributed by atoms with Crippen molar-refractivity contribution < 1.29 is 9.50 Å². The molecule has 116 valence electrons. The summed E-state index contributed by atoms with van der Waals surface area (Å²) in [5.74, 6) is -0.293. The van der Waals surface area contributed by atoms with Gasteiger partial charge in [-0.3, -0.25) is 4.98 Å². The third kappa shape index (κ3) is 2.45. The third-order valence-electron chi connectivity index (χ3n) is 4.41. The van der Waals surface area contributed by atoms with Crippen molar-refractivity contribution in [2.24, 2.45) is 0 Å². The highest BCUT2D eigenvalue weighted by Crippen LogP contribution is 2.36. The Kier molecular flexibility index (Phi) is 3.27. The molecule has 1 heterocycles. The van der Waals surface area contributed by atoms with Gasteiger partial charge in [-0.25, -0.2) is 4.39 Å². The highest BCUT2D eigenvalue weighted by atomic mass is 19.1. The van der Waals surface area contributed by atoms with Crippen LogP contribution in [0.1, 0.15) is 22.9 Å². The Morgan fingerprint density at radius 3 is 2.87 bits per heavy atom. The molecule has 3 aromatic rings. The molecule has 3 nitrogen and oxygen atoms in total. The van der Waals surface area contributed by atoms with Crippen LogP contribution in [-0.2, 0) is 6.42 Å². The number of nitrogens with one attached hydrogen (secondary N) is 1. The van der Waals surface area contributed by atoms with Crippen LogP contribution in [0.15, 0.2) is 48.5 Å². The second kappa shape index (κ2) is 5.32. The van der Waals surface area contributed by atoms with E-state index in [1.165, 1.54) is 12.1 Å². The van der Waals surface area contributed by atoms with E-state index in [1.54, 1.807) is 6.07 Å². The van der Waals surface area contributed by atoms with Gasteiger partial charge in [-0.15, -0.1) is 0 Å². The molecule has 1 aliphatic rings. The summed E-state index contributed by atoms with van der Waals surface area (Å²) >= 11 is 0. The van der Waals surface area contributed by atoms with Gasteiger partial charge in [0.05, 0.1) is 17.7 Å². The number of aromatic nitrogens is 1. The van der Waals surface area contributed by atoms with Crippen molar-refractivity contribution in [1.82, 2.24) is 4.98 Å². The van der Waals surface area contributed by atoms with Gasteiger partial charge in [0.25, 0.3) is 0 Å². The zero-order valence-corrected chi connectivity index (χ0v) is 12.8. The lowest BCUT2D eigenvalue weighted by Gasteiger charge is -2.21. The molecule has 1 aliphatic carbocycles. The van der Waals surface area contributed by atoms with Crippen molar-refractivity contribution >= 4 is 16.6 Å². The van der Waals surface area contributed by atoms with Gasteiger partial charge in [-0.1, -0.05) is 24.3 Å². The summed E-state index contributed by atoms with van der Waals surface area (Å²) in [4.78, 5) is 4.45. The molecule has 2 atom stereocenters. The molecular formula is C19H17FN2O. The molecule has 2 N–H and O–H groups in total. The van der Waals surface area contributed by atoms with Crippen LogP contribution in [-0.4, -0.2) is 16.2 Å². The van der Waals surface area contributed by atoms with Crippen LogP contribution in [0.5, 0.6) is 0 Å². The first-order valence-corrected chi connectivity index (χ1v) is 7.71.